The van der Waals surface area contributed by atoms with Crippen molar-refractivity contribution < 1.29 is 13.5 Å². The number of morpholine rings is 1. The van der Waals surface area contributed by atoms with Crippen LogP contribution in [0, 0.1) is 11.6 Å². The Balaban J connectivity index is 1.36. The zero-order chi connectivity index (χ0) is 20.1. The average Bonchev–Trinajstić information content (AvgIpc) is 2.76. The molecule has 1 aromatic carbocycles. The van der Waals surface area contributed by atoms with Crippen LogP contribution in [0.5, 0.6) is 0 Å². The highest BCUT2D eigenvalue weighted by Crippen LogP contribution is 2.22. The first-order valence-corrected chi connectivity index (χ1v) is 9.57. The molecule has 2 aromatic heterocycles. The molecule has 5 nitrogen and oxygen atoms in total. The second kappa shape index (κ2) is 9.07. The van der Waals surface area contributed by atoms with Crippen molar-refractivity contribution in [2.45, 2.75) is 13.1 Å². The molecule has 29 heavy (non-hydrogen) atoms. The van der Waals surface area contributed by atoms with Crippen LogP contribution in [0.2, 0.25) is 0 Å². The van der Waals surface area contributed by atoms with Gasteiger partial charge in [0, 0.05) is 50.3 Å². The second-order valence-electron chi connectivity index (χ2n) is 6.89. The summed E-state index contributed by atoms with van der Waals surface area (Å²) in [7, 11) is 0. The van der Waals surface area contributed by atoms with Gasteiger partial charge < -0.3 is 15.0 Å². The molecule has 0 radical (unpaired) electrons. The lowest BCUT2D eigenvalue weighted by Crippen LogP contribution is -2.37. The summed E-state index contributed by atoms with van der Waals surface area (Å²) < 4.78 is 34.1. The summed E-state index contributed by atoms with van der Waals surface area (Å²) in [4.78, 5) is 10.1. The Kier molecular flexibility index (Phi) is 6.07. The summed E-state index contributed by atoms with van der Waals surface area (Å²) in [5.74, 6) is -0.271. The molecule has 3 aromatic rings. The number of hydrogen-bond donors (Lipinski definition) is 1. The van der Waals surface area contributed by atoms with E-state index in [4.69, 9.17) is 4.74 Å². The number of aromatic nitrogens is 2. The summed E-state index contributed by atoms with van der Waals surface area (Å²) in [5, 5.41) is 3.15. The number of halogens is 2. The number of anilines is 1. The Morgan fingerprint density at radius 1 is 0.931 bits per heavy atom. The number of nitrogens with zero attached hydrogens (tertiary/aromatic N) is 3. The largest absolute Gasteiger partial charge is 0.378 e. The maximum absolute atomic E-state index is 14.4. The summed E-state index contributed by atoms with van der Waals surface area (Å²) in [6.45, 7) is 3.17. The molecular weight excluding hydrogens is 374 g/mol. The van der Waals surface area contributed by atoms with E-state index in [9.17, 15) is 8.78 Å². The number of ether oxygens (including phenoxy) is 1. The van der Waals surface area contributed by atoms with Crippen molar-refractivity contribution in [3.05, 3.63) is 77.8 Å². The summed E-state index contributed by atoms with van der Waals surface area (Å²) in [6.07, 6.45) is 5.02. The van der Waals surface area contributed by atoms with Crippen molar-refractivity contribution in [2.75, 3.05) is 31.2 Å². The van der Waals surface area contributed by atoms with Gasteiger partial charge in [0.1, 0.15) is 5.82 Å². The third-order valence-electron chi connectivity index (χ3n) is 4.90. The van der Waals surface area contributed by atoms with Gasteiger partial charge in [-0.25, -0.2) is 13.8 Å². The van der Waals surface area contributed by atoms with Crippen molar-refractivity contribution in [1.29, 1.82) is 0 Å². The van der Waals surface area contributed by atoms with Crippen molar-refractivity contribution in [1.82, 2.24) is 15.3 Å². The molecule has 3 heterocycles. The minimum atomic E-state index is -0.348. The van der Waals surface area contributed by atoms with Gasteiger partial charge in [0.2, 0.25) is 0 Å². The van der Waals surface area contributed by atoms with Crippen molar-refractivity contribution in [3.8, 4) is 11.1 Å². The van der Waals surface area contributed by atoms with Crippen molar-refractivity contribution in [3.63, 3.8) is 0 Å². The molecule has 0 aliphatic carbocycles. The molecule has 1 fully saturated rings. The Morgan fingerprint density at radius 2 is 1.72 bits per heavy atom. The highest BCUT2D eigenvalue weighted by molar-refractivity contribution is 5.63. The zero-order valence-corrected chi connectivity index (χ0v) is 15.9. The molecule has 1 N–H and O–H groups in total. The van der Waals surface area contributed by atoms with Gasteiger partial charge in [-0.1, -0.05) is 12.1 Å². The molecule has 1 aliphatic rings. The van der Waals surface area contributed by atoms with Crippen LogP contribution >= 0.6 is 0 Å². The predicted octanol–water partition coefficient (Wildman–Crippen LogP) is 3.55. The molecule has 1 aliphatic heterocycles. The maximum Gasteiger partial charge on any atom is 0.165 e. The fraction of sp³-hybridized carbons (Fsp3) is 0.273. The molecule has 4 rings (SSSR count). The second-order valence-corrected chi connectivity index (χ2v) is 6.89. The van der Waals surface area contributed by atoms with E-state index in [1.807, 2.05) is 23.1 Å². The minimum absolute atomic E-state index is 0.279. The molecule has 0 bridgehead atoms. The minimum Gasteiger partial charge on any atom is -0.378 e. The van der Waals surface area contributed by atoms with E-state index in [-0.39, 0.29) is 11.6 Å². The first kappa shape index (κ1) is 19.4. The van der Waals surface area contributed by atoms with Gasteiger partial charge in [0.05, 0.1) is 13.2 Å². The molecule has 7 heteroatoms. The van der Waals surface area contributed by atoms with Gasteiger partial charge in [-0.15, -0.1) is 0 Å². The standard InChI is InChI=1S/C22H22F2N4O/c23-20-12-18(17-3-5-25-6-4-17)1-2-19(20)15-26-13-16-11-21(24)22(27-14-16)28-7-9-29-10-8-28/h1-6,11-12,14,26H,7-10,13,15H2. The topological polar surface area (TPSA) is 50.3 Å². The summed E-state index contributed by atoms with van der Waals surface area (Å²) >= 11 is 0. The van der Waals surface area contributed by atoms with E-state index < -0.39 is 0 Å². The lowest BCUT2D eigenvalue weighted by molar-refractivity contribution is 0.122. The Labute approximate surface area is 168 Å². The summed E-state index contributed by atoms with van der Waals surface area (Å²) in [5.41, 5.74) is 2.99. The Morgan fingerprint density at radius 3 is 2.45 bits per heavy atom. The van der Waals surface area contributed by atoms with Crippen LogP contribution in [0.25, 0.3) is 11.1 Å². The van der Waals surface area contributed by atoms with Crippen LogP contribution in [0.15, 0.2) is 55.0 Å². The third-order valence-corrected chi connectivity index (χ3v) is 4.90. The van der Waals surface area contributed by atoms with Gasteiger partial charge in [-0.2, -0.15) is 0 Å². The molecule has 0 amide bonds. The van der Waals surface area contributed by atoms with Crippen LogP contribution in [0.1, 0.15) is 11.1 Å². The van der Waals surface area contributed by atoms with Crippen LogP contribution in [0.3, 0.4) is 0 Å². The van der Waals surface area contributed by atoms with Crippen LogP contribution in [0.4, 0.5) is 14.6 Å². The van der Waals surface area contributed by atoms with Crippen LogP contribution < -0.4 is 10.2 Å². The van der Waals surface area contributed by atoms with Crippen molar-refractivity contribution >= 4 is 5.82 Å². The zero-order valence-electron chi connectivity index (χ0n) is 15.9. The van der Waals surface area contributed by atoms with Crippen LogP contribution in [-0.2, 0) is 17.8 Å². The Hall–Kier alpha value is -2.90. The van der Waals surface area contributed by atoms with Crippen molar-refractivity contribution in [2.24, 2.45) is 0 Å². The van der Waals surface area contributed by atoms with Gasteiger partial charge in [-0.3, -0.25) is 4.98 Å². The lowest BCUT2D eigenvalue weighted by atomic mass is 10.0. The number of nitrogens with one attached hydrogen (secondary N) is 1. The van der Waals surface area contributed by atoms with E-state index in [0.717, 1.165) is 11.1 Å². The number of benzene rings is 1. The number of rotatable bonds is 6. The maximum atomic E-state index is 14.4. The molecule has 0 atom stereocenters. The molecule has 150 valence electrons. The monoisotopic (exact) mass is 396 g/mol. The van der Waals surface area contributed by atoms with E-state index in [0.29, 0.717) is 56.3 Å². The molecule has 0 saturated carbocycles. The SMILES string of the molecule is Fc1cc(-c2ccncc2)ccc1CNCc1cnc(N2CCOCC2)c(F)c1. The first-order valence-electron chi connectivity index (χ1n) is 9.57. The quantitative estimate of drug-likeness (QED) is 0.691. The predicted molar refractivity (Wildman–Crippen MR) is 107 cm³/mol. The average molecular weight is 396 g/mol. The highest BCUT2D eigenvalue weighted by Gasteiger charge is 2.16. The fourth-order valence-corrected chi connectivity index (χ4v) is 3.33. The Bertz CT molecular complexity index is 962. The normalized spacial score (nSPS) is 14.2. The smallest absolute Gasteiger partial charge is 0.165 e. The lowest BCUT2D eigenvalue weighted by Gasteiger charge is -2.28. The number of hydrogen-bond acceptors (Lipinski definition) is 5. The fourth-order valence-electron chi connectivity index (χ4n) is 3.33. The molecule has 1 saturated heterocycles. The van der Waals surface area contributed by atoms with E-state index in [1.54, 1.807) is 24.7 Å². The van der Waals surface area contributed by atoms with Gasteiger partial charge in [0.25, 0.3) is 0 Å². The van der Waals surface area contributed by atoms with E-state index in [1.165, 1.54) is 12.1 Å². The van der Waals surface area contributed by atoms with Gasteiger partial charge in [-0.05, 0) is 41.0 Å². The first-order chi connectivity index (χ1) is 14.2. The highest BCUT2D eigenvalue weighted by atomic mass is 19.1. The van der Waals surface area contributed by atoms with Gasteiger partial charge in [0.15, 0.2) is 11.6 Å². The summed E-state index contributed by atoms with van der Waals surface area (Å²) in [6, 6.07) is 10.3. The van der Waals surface area contributed by atoms with E-state index in [2.05, 4.69) is 15.3 Å². The molecular formula is C22H22F2N4O. The third kappa shape index (κ3) is 4.75. The molecule has 0 spiro atoms. The van der Waals surface area contributed by atoms with E-state index >= 15 is 0 Å². The van der Waals surface area contributed by atoms with Gasteiger partial charge >= 0.3 is 0 Å². The molecule has 0 unspecified atom stereocenters. The number of pyridine rings is 2. The van der Waals surface area contributed by atoms with Crippen LogP contribution in [-0.4, -0.2) is 36.3 Å².